The van der Waals surface area contributed by atoms with E-state index in [0.717, 1.165) is 25.7 Å². The van der Waals surface area contributed by atoms with Crippen molar-refractivity contribution < 1.29 is 68.5 Å². The van der Waals surface area contributed by atoms with E-state index in [0.29, 0.717) is 0 Å². The van der Waals surface area contributed by atoms with Crippen LogP contribution in [0.3, 0.4) is 0 Å². The van der Waals surface area contributed by atoms with Crippen molar-refractivity contribution in [2.75, 3.05) is 6.61 Å². The number of hydrogen-bond acceptors (Lipinski definition) is 4. The largest absolute Gasteiger partial charge is 1.00 e. The van der Waals surface area contributed by atoms with Gasteiger partial charge in [-0.25, -0.2) is 8.42 Å². The molecule has 0 saturated heterocycles. The van der Waals surface area contributed by atoms with Crippen molar-refractivity contribution in [3.05, 3.63) is 0 Å². The fourth-order valence-corrected chi connectivity index (χ4v) is 5.04. The van der Waals surface area contributed by atoms with Gasteiger partial charge in [-0.3, -0.25) is 4.18 Å². The van der Waals surface area contributed by atoms with Crippen LogP contribution < -0.4 is 51.4 Å². The van der Waals surface area contributed by atoms with Crippen LogP contribution in [-0.4, -0.2) is 19.6 Å². The SMILES string of the molecule is CCCCCCCCCCCCCCCCC(CCCCCCCCCC)COS(=O)(=O)[O-].[K+]. The Balaban J connectivity index is 0. The Morgan fingerprint density at radius 2 is 0.794 bits per heavy atom. The van der Waals surface area contributed by atoms with Crippen LogP contribution in [0.25, 0.3) is 0 Å². The van der Waals surface area contributed by atoms with Crippen molar-refractivity contribution in [3.8, 4) is 0 Å². The van der Waals surface area contributed by atoms with Gasteiger partial charge in [0.2, 0.25) is 10.4 Å². The fourth-order valence-electron chi connectivity index (χ4n) is 4.69. The second-order valence-corrected chi connectivity index (χ2v) is 11.3. The quantitative estimate of drug-likeness (QED) is 0.0529. The maximum Gasteiger partial charge on any atom is 1.00 e. The molecule has 0 aliphatic heterocycles. The molecule has 0 fully saturated rings. The number of hydrogen-bond donors (Lipinski definition) is 0. The molecule has 0 amide bonds. The molecule has 0 aliphatic carbocycles. The molecule has 6 heteroatoms. The average molecular weight is 529 g/mol. The zero-order valence-corrected chi connectivity index (χ0v) is 27.2. The molecule has 0 N–H and O–H groups in total. The topological polar surface area (TPSA) is 66.4 Å². The minimum absolute atomic E-state index is 0. The van der Waals surface area contributed by atoms with Crippen LogP contribution in [0.15, 0.2) is 0 Å². The van der Waals surface area contributed by atoms with Crippen molar-refractivity contribution >= 4 is 10.4 Å². The molecule has 0 radical (unpaired) electrons. The Kier molecular flexibility index (Phi) is 32.2. The summed E-state index contributed by atoms with van der Waals surface area (Å²) < 4.78 is 37.2. The van der Waals surface area contributed by atoms with E-state index >= 15 is 0 Å². The maximum atomic E-state index is 10.9. The Hall–Kier alpha value is 1.51. The van der Waals surface area contributed by atoms with Gasteiger partial charge < -0.3 is 4.55 Å². The van der Waals surface area contributed by atoms with Crippen LogP contribution >= 0.6 is 0 Å². The van der Waals surface area contributed by atoms with E-state index < -0.39 is 10.4 Å². The Morgan fingerprint density at radius 1 is 0.529 bits per heavy atom. The van der Waals surface area contributed by atoms with E-state index in [9.17, 15) is 13.0 Å². The van der Waals surface area contributed by atoms with Gasteiger partial charge in [0.1, 0.15) is 0 Å². The van der Waals surface area contributed by atoms with Crippen LogP contribution in [0, 0.1) is 5.92 Å². The van der Waals surface area contributed by atoms with Crippen LogP contribution in [0.5, 0.6) is 0 Å². The smallest absolute Gasteiger partial charge is 0.726 e. The molecule has 0 spiro atoms. The van der Waals surface area contributed by atoms with Crippen LogP contribution in [0.2, 0.25) is 0 Å². The summed E-state index contributed by atoms with van der Waals surface area (Å²) in [6, 6.07) is 0. The summed E-state index contributed by atoms with van der Waals surface area (Å²) >= 11 is 0. The first-order chi connectivity index (χ1) is 16.0. The van der Waals surface area contributed by atoms with Gasteiger partial charge in [0.15, 0.2) is 0 Å². The maximum absolute atomic E-state index is 10.9. The van der Waals surface area contributed by atoms with Crippen molar-refractivity contribution in [2.45, 2.75) is 168 Å². The molecular weight excluding hydrogens is 471 g/mol. The van der Waals surface area contributed by atoms with E-state index in [-0.39, 0.29) is 63.9 Å². The Bertz CT molecular complexity index is 485. The summed E-state index contributed by atoms with van der Waals surface area (Å²) in [7, 11) is -4.58. The second kappa shape index (κ2) is 29.1. The Morgan fingerprint density at radius 3 is 1.06 bits per heavy atom. The molecule has 0 bridgehead atoms. The van der Waals surface area contributed by atoms with Crippen molar-refractivity contribution in [3.63, 3.8) is 0 Å². The van der Waals surface area contributed by atoms with Crippen molar-refractivity contribution in [1.29, 1.82) is 0 Å². The van der Waals surface area contributed by atoms with E-state index in [1.54, 1.807) is 0 Å². The van der Waals surface area contributed by atoms with Crippen LogP contribution in [0.4, 0.5) is 0 Å². The van der Waals surface area contributed by atoms with Crippen molar-refractivity contribution in [2.24, 2.45) is 5.92 Å². The van der Waals surface area contributed by atoms with E-state index in [1.807, 2.05) is 0 Å². The molecule has 0 aliphatic rings. The fraction of sp³-hybridized carbons (Fsp3) is 1.00. The standard InChI is InChI=1S/C28H58O4S.K/c1-3-5-7-9-11-13-14-15-16-17-18-20-22-24-26-28(27-32-33(29,30)31)25-23-21-19-12-10-8-6-4-2;/h28H,3-27H2,1-2H3,(H,29,30,31);/q;+1/p-1. The molecule has 0 heterocycles. The van der Waals surface area contributed by atoms with Crippen LogP contribution in [-0.2, 0) is 14.6 Å². The third kappa shape index (κ3) is 31.5. The molecule has 4 nitrogen and oxygen atoms in total. The first kappa shape index (κ1) is 37.7. The molecule has 0 saturated carbocycles. The van der Waals surface area contributed by atoms with Gasteiger partial charge in [0, 0.05) is 0 Å². The van der Waals surface area contributed by atoms with E-state index in [4.69, 9.17) is 0 Å². The number of rotatable bonds is 27. The summed E-state index contributed by atoms with van der Waals surface area (Å²) in [5.41, 5.74) is 0. The van der Waals surface area contributed by atoms with Gasteiger partial charge in [-0.1, -0.05) is 155 Å². The minimum atomic E-state index is -4.58. The molecule has 0 aromatic carbocycles. The van der Waals surface area contributed by atoms with Crippen molar-refractivity contribution in [1.82, 2.24) is 0 Å². The average Bonchev–Trinajstić information content (AvgIpc) is 2.78. The zero-order chi connectivity index (χ0) is 24.5. The van der Waals surface area contributed by atoms with Gasteiger partial charge in [-0.05, 0) is 18.8 Å². The molecule has 34 heavy (non-hydrogen) atoms. The van der Waals surface area contributed by atoms with E-state index in [1.165, 1.54) is 128 Å². The first-order valence-corrected chi connectivity index (χ1v) is 15.9. The Labute approximate surface area is 256 Å². The third-order valence-electron chi connectivity index (χ3n) is 6.88. The first-order valence-electron chi connectivity index (χ1n) is 14.6. The van der Waals surface area contributed by atoms with Crippen LogP contribution in [0.1, 0.15) is 168 Å². The molecule has 1 atom stereocenters. The molecule has 0 aromatic heterocycles. The van der Waals surface area contributed by atoms with E-state index in [2.05, 4.69) is 18.0 Å². The molecule has 0 rings (SSSR count). The van der Waals surface area contributed by atoms with Gasteiger partial charge >= 0.3 is 51.4 Å². The monoisotopic (exact) mass is 528 g/mol. The predicted molar refractivity (Wildman–Crippen MR) is 141 cm³/mol. The summed E-state index contributed by atoms with van der Waals surface area (Å²) in [5, 5.41) is 0. The number of unbranched alkanes of at least 4 members (excludes halogenated alkanes) is 20. The predicted octanol–water partition coefficient (Wildman–Crippen LogP) is 6.49. The third-order valence-corrected chi connectivity index (χ3v) is 7.30. The molecule has 200 valence electrons. The normalized spacial score (nSPS) is 12.6. The summed E-state index contributed by atoms with van der Waals surface area (Å²) in [5.74, 6) is 0.200. The molecule has 0 aromatic rings. The van der Waals surface area contributed by atoms with Gasteiger partial charge in [-0.15, -0.1) is 0 Å². The molecular formula is C28H57KO4S. The molecule has 1 unspecified atom stereocenters. The van der Waals surface area contributed by atoms with Gasteiger partial charge in [0.25, 0.3) is 0 Å². The van der Waals surface area contributed by atoms with Gasteiger partial charge in [-0.2, -0.15) is 0 Å². The summed E-state index contributed by atoms with van der Waals surface area (Å²) in [4.78, 5) is 0. The van der Waals surface area contributed by atoms with Gasteiger partial charge in [0.05, 0.1) is 6.61 Å². The minimum Gasteiger partial charge on any atom is -0.726 e. The summed E-state index contributed by atoms with van der Waals surface area (Å²) in [6.45, 7) is 4.58. The summed E-state index contributed by atoms with van der Waals surface area (Å²) in [6.07, 6.45) is 30.9. The second-order valence-electron chi connectivity index (χ2n) is 10.2. The zero-order valence-electron chi connectivity index (χ0n) is 23.3.